The van der Waals surface area contributed by atoms with Crippen LogP contribution in [-0.4, -0.2) is 60.3 Å². The van der Waals surface area contributed by atoms with E-state index in [4.69, 9.17) is 0 Å². The Balaban J connectivity index is 1.46. The molecule has 21 heavy (non-hydrogen) atoms. The van der Waals surface area contributed by atoms with E-state index < -0.39 is 0 Å². The highest BCUT2D eigenvalue weighted by Gasteiger charge is 2.35. The Morgan fingerprint density at radius 2 is 1.43 bits per heavy atom. The zero-order valence-electron chi connectivity index (χ0n) is 13.7. The minimum atomic E-state index is 0.232. The quantitative estimate of drug-likeness (QED) is 0.863. The molecule has 0 spiro atoms. The van der Waals surface area contributed by atoms with E-state index in [1.54, 1.807) is 0 Å². The van der Waals surface area contributed by atoms with Gasteiger partial charge in [0.1, 0.15) is 0 Å². The molecule has 0 aromatic heterocycles. The highest BCUT2D eigenvalue weighted by atomic mass is 16.3. The highest BCUT2D eigenvalue weighted by Crippen LogP contribution is 2.37. The van der Waals surface area contributed by atoms with Gasteiger partial charge in [0.05, 0.1) is 0 Å². The van der Waals surface area contributed by atoms with Crippen LogP contribution >= 0.6 is 0 Å². The van der Waals surface area contributed by atoms with Crippen LogP contribution < -0.4 is 0 Å². The zero-order valence-corrected chi connectivity index (χ0v) is 13.7. The molecule has 0 atom stereocenters. The first-order valence-corrected chi connectivity index (χ1v) is 9.39. The van der Waals surface area contributed by atoms with Crippen molar-refractivity contribution in [1.82, 2.24) is 9.80 Å². The maximum atomic E-state index is 9.89. The van der Waals surface area contributed by atoms with E-state index >= 15 is 0 Å². The van der Waals surface area contributed by atoms with E-state index in [0.717, 1.165) is 12.6 Å². The van der Waals surface area contributed by atoms with Crippen molar-refractivity contribution in [3.05, 3.63) is 0 Å². The molecule has 3 aliphatic rings. The number of hydrogen-bond acceptors (Lipinski definition) is 3. The van der Waals surface area contributed by atoms with Crippen LogP contribution in [0.15, 0.2) is 0 Å². The topological polar surface area (TPSA) is 26.7 Å². The molecule has 3 fully saturated rings. The maximum absolute atomic E-state index is 9.89. The second-order valence-corrected chi connectivity index (χ2v) is 7.82. The summed E-state index contributed by atoms with van der Waals surface area (Å²) in [6.07, 6.45) is 13.5. The molecule has 2 saturated heterocycles. The molecule has 0 aromatic carbocycles. The second kappa shape index (κ2) is 7.43. The van der Waals surface area contributed by atoms with Gasteiger partial charge in [-0.3, -0.25) is 0 Å². The van der Waals surface area contributed by atoms with E-state index in [2.05, 4.69) is 9.80 Å². The molecule has 1 N–H and O–H groups in total. The molecule has 0 bridgehead atoms. The van der Waals surface area contributed by atoms with Crippen molar-refractivity contribution in [2.24, 2.45) is 5.41 Å². The number of aliphatic hydroxyl groups is 1. The van der Waals surface area contributed by atoms with Crippen LogP contribution in [0, 0.1) is 5.41 Å². The lowest BCUT2D eigenvalue weighted by Gasteiger charge is -2.44. The third kappa shape index (κ3) is 4.00. The normalized spacial score (nSPS) is 29.6. The summed E-state index contributed by atoms with van der Waals surface area (Å²) in [5.74, 6) is 0. The van der Waals surface area contributed by atoms with Gasteiger partial charge in [-0.05, 0) is 64.7 Å². The van der Waals surface area contributed by atoms with Gasteiger partial charge >= 0.3 is 0 Å². The van der Waals surface area contributed by atoms with E-state index in [9.17, 15) is 5.11 Å². The molecule has 3 nitrogen and oxygen atoms in total. The van der Waals surface area contributed by atoms with Crippen molar-refractivity contribution >= 4 is 0 Å². The van der Waals surface area contributed by atoms with Crippen molar-refractivity contribution in [2.75, 3.05) is 39.3 Å². The van der Waals surface area contributed by atoms with Gasteiger partial charge in [0.2, 0.25) is 0 Å². The number of nitrogens with zero attached hydrogens (tertiary/aromatic N) is 2. The molecule has 3 heteroatoms. The number of piperidine rings is 2. The number of likely N-dealkylation sites (tertiary alicyclic amines) is 2. The van der Waals surface area contributed by atoms with E-state index in [1.165, 1.54) is 90.4 Å². The molecular weight excluding hydrogens is 260 g/mol. The second-order valence-electron chi connectivity index (χ2n) is 7.82. The average Bonchev–Trinajstić information content (AvgIpc) is 2.57. The third-order valence-electron chi connectivity index (χ3n) is 6.27. The lowest BCUT2D eigenvalue weighted by atomic mass is 9.74. The molecule has 122 valence electrons. The van der Waals surface area contributed by atoms with Crippen LogP contribution in [-0.2, 0) is 0 Å². The molecule has 0 aromatic rings. The smallest absolute Gasteiger partial charge is 0.0499 e. The molecule has 2 heterocycles. The van der Waals surface area contributed by atoms with Gasteiger partial charge < -0.3 is 14.9 Å². The first-order chi connectivity index (χ1) is 10.3. The molecule has 0 unspecified atom stereocenters. The molecule has 0 radical (unpaired) electrons. The maximum Gasteiger partial charge on any atom is 0.0499 e. The van der Waals surface area contributed by atoms with Gasteiger partial charge in [-0.15, -0.1) is 0 Å². The first kappa shape index (κ1) is 15.8. The van der Waals surface area contributed by atoms with Crippen molar-refractivity contribution in [1.29, 1.82) is 0 Å². The summed E-state index contributed by atoms with van der Waals surface area (Å²) in [6, 6.07) is 0.845. The van der Waals surface area contributed by atoms with Crippen molar-refractivity contribution in [2.45, 2.75) is 70.3 Å². The monoisotopic (exact) mass is 294 g/mol. The van der Waals surface area contributed by atoms with Crippen LogP contribution in [0.3, 0.4) is 0 Å². The minimum Gasteiger partial charge on any atom is -0.396 e. The fourth-order valence-electron chi connectivity index (χ4n) is 4.87. The predicted molar refractivity (Wildman–Crippen MR) is 87.5 cm³/mol. The van der Waals surface area contributed by atoms with Gasteiger partial charge in [-0.1, -0.05) is 25.7 Å². The van der Waals surface area contributed by atoms with Crippen molar-refractivity contribution in [3.63, 3.8) is 0 Å². The summed E-state index contributed by atoms with van der Waals surface area (Å²) >= 11 is 0. The lowest BCUT2D eigenvalue weighted by Crippen LogP contribution is -2.50. The summed E-state index contributed by atoms with van der Waals surface area (Å²) in [5, 5.41) is 9.89. The Morgan fingerprint density at radius 3 is 2.05 bits per heavy atom. The van der Waals surface area contributed by atoms with Gasteiger partial charge in [0, 0.05) is 24.6 Å². The Morgan fingerprint density at radius 1 is 0.810 bits per heavy atom. The van der Waals surface area contributed by atoms with Gasteiger partial charge in [0.25, 0.3) is 0 Å². The van der Waals surface area contributed by atoms with E-state index in [1.807, 2.05) is 0 Å². The highest BCUT2D eigenvalue weighted by molar-refractivity contribution is 4.88. The fraction of sp³-hybridized carbons (Fsp3) is 1.00. The van der Waals surface area contributed by atoms with Crippen LogP contribution in [0.4, 0.5) is 0 Å². The Labute approximate surface area is 130 Å². The van der Waals surface area contributed by atoms with Crippen LogP contribution in [0.5, 0.6) is 0 Å². The Kier molecular flexibility index (Phi) is 5.58. The number of aliphatic hydroxyl groups excluding tert-OH is 1. The summed E-state index contributed by atoms with van der Waals surface area (Å²) in [7, 11) is 0. The molecule has 1 saturated carbocycles. The Bertz CT molecular complexity index is 300. The summed E-state index contributed by atoms with van der Waals surface area (Å²) in [5.41, 5.74) is 0.232. The predicted octanol–water partition coefficient (Wildman–Crippen LogP) is 2.88. The largest absolute Gasteiger partial charge is 0.396 e. The summed E-state index contributed by atoms with van der Waals surface area (Å²) in [6.45, 7) is 6.73. The standard InChI is InChI=1S/C18H34N2O/c21-16-18(9-3-1-4-10-18)15-19-13-7-17(8-14-19)20-11-5-2-6-12-20/h17,21H,1-16H2. The van der Waals surface area contributed by atoms with E-state index in [0.29, 0.717) is 6.61 Å². The third-order valence-corrected chi connectivity index (χ3v) is 6.27. The first-order valence-electron chi connectivity index (χ1n) is 9.39. The molecule has 3 rings (SSSR count). The lowest BCUT2D eigenvalue weighted by molar-refractivity contribution is 0.0188. The molecular formula is C18H34N2O. The summed E-state index contributed by atoms with van der Waals surface area (Å²) in [4.78, 5) is 5.41. The van der Waals surface area contributed by atoms with Crippen LogP contribution in [0.1, 0.15) is 64.2 Å². The van der Waals surface area contributed by atoms with Gasteiger partial charge in [0.15, 0.2) is 0 Å². The molecule has 2 aliphatic heterocycles. The number of rotatable bonds is 4. The van der Waals surface area contributed by atoms with Crippen LogP contribution in [0.25, 0.3) is 0 Å². The van der Waals surface area contributed by atoms with E-state index in [-0.39, 0.29) is 5.41 Å². The number of hydrogen-bond donors (Lipinski definition) is 1. The van der Waals surface area contributed by atoms with Gasteiger partial charge in [-0.2, -0.15) is 0 Å². The Hall–Kier alpha value is -0.120. The minimum absolute atomic E-state index is 0.232. The van der Waals surface area contributed by atoms with Crippen LogP contribution in [0.2, 0.25) is 0 Å². The van der Waals surface area contributed by atoms with Crippen molar-refractivity contribution < 1.29 is 5.11 Å². The molecule has 0 amide bonds. The van der Waals surface area contributed by atoms with Gasteiger partial charge in [-0.25, -0.2) is 0 Å². The summed E-state index contributed by atoms with van der Waals surface area (Å²) < 4.78 is 0. The van der Waals surface area contributed by atoms with Crippen molar-refractivity contribution in [3.8, 4) is 0 Å². The fourth-order valence-corrected chi connectivity index (χ4v) is 4.87. The average molecular weight is 294 g/mol. The zero-order chi connectivity index (χ0) is 14.5. The molecule has 1 aliphatic carbocycles. The SMILES string of the molecule is OCC1(CN2CCC(N3CCCCC3)CC2)CCCCC1.